The topological polar surface area (TPSA) is 108 Å². The number of amides is 2. The zero-order valence-electron chi connectivity index (χ0n) is 19.0. The number of halogens is 3. The number of rotatable bonds is 7. The van der Waals surface area contributed by atoms with Crippen molar-refractivity contribution in [3.05, 3.63) is 30.0 Å². The number of nitrogens with zero attached hydrogens (tertiary/aromatic N) is 3. The van der Waals surface area contributed by atoms with Crippen molar-refractivity contribution >= 4 is 28.5 Å². The molecule has 3 aliphatic rings. The lowest BCUT2D eigenvalue weighted by atomic mass is 9.82. The summed E-state index contributed by atoms with van der Waals surface area (Å²) in [5.74, 6) is -0.975. The van der Waals surface area contributed by atoms with Gasteiger partial charge in [0.2, 0.25) is 5.91 Å². The van der Waals surface area contributed by atoms with E-state index in [4.69, 9.17) is 5.73 Å². The lowest BCUT2D eigenvalue weighted by molar-refractivity contribution is -0.346. The van der Waals surface area contributed by atoms with Crippen LogP contribution in [0.3, 0.4) is 0 Å². The Kier molecular flexibility index (Phi) is 6.06. The SMILES string of the molecule is NC(=O)c1nn(CC(=O)N2[C@@H]3C[C@@H]3C[C@H]2C(=O)CC2CCCC(OC(F)(F)F)C2)c2ccccc12. The second-order valence-electron chi connectivity index (χ2n) is 9.89. The summed E-state index contributed by atoms with van der Waals surface area (Å²) in [6, 6.07) is 6.41. The number of benzene rings is 1. The molecule has 5 atom stereocenters. The van der Waals surface area contributed by atoms with Gasteiger partial charge in [0.15, 0.2) is 11.5 Å². The van der Waals surface area contributed by atoms with E-state index in [1.807, 2.05) is 0 Å². The van der Waals surface area contributed by atoms with Gasteiger partial charge >= 0.3 is 6.36 Å². The summed E-state index contributed by atoms with van der Waals surface area (Å²) >= 11 is 0. The minimum atomic E-state index is -4.68. The van der Waals surface area contributed by atoms with Gasteiger partial charge in [-0.3, -0.25) is 23.8 Å². The van der Waals surface area contributed by atoms with E-state index >= 15 is 0 Å². The number of primary amides is 1. The highest BCUT2D eigenvalue weighted by molar-refractivity contribution is 6.04. The number of para-hydroxylation sites is 1. The Bertz CT molecular complexity index is 1160. The molecule has 1 saturated heterocycles. The van der Waals surface area contributed by atoms with Crippen molar-refractivity contribution in [2.24, 2.45) is 17.6 Å². The van der Waals surface area contributed by atoms with E-state index in [1.165, 1.54) is 4.68 Å². The van der Waals surface area contributed by atoms with Crippen molar-refractivity contribution in [3.8, 4) is 0 Å². The van der Waals surface area contributed by atoms with Crippen LogP contribution in [0.1, 0.15) is 55.4 Å². The minimum Gasteiger partial charge on any atom is -0.364 e. The second-order valence-corrected chi connectivity index (χ2v) is 9.89. The van der Waals surface area contributed by atoms with Gasteiger partial charge in [-0.05, 0) is 50.0 Å². The number of ether oxygens (including phenoxy) is 1. The summed E-state index contributed by atoms with van der Waals surface area (Å²) in [7, 11) is 0. The third kappa shape index (κ3) is 4.91. The average Bonchev–Trinajstić information content (AvgIpc) is 3.28. The Morgan fingerprint density at radius 3 is 2.63 bits per heavy atom. The zero-order chi connectivity index (χ0) is 24.9. The first kappa shape index (κ1) is 23.8. The molecule has 0 bridgehead atoms. The van der Waals surface area contributed by atoms with Gasteiger partial charge in [0, 0.05) is 17.8 Å². The minimum absolute atomic E-state index is 0.00144. The van der Waals surface area contributed by atoms with E-state index < -0.39 is 24.4 Å². The van der Waals surface area contributed by atoms with E-state index in [9.17, 15) is 27.6 Å². The monoisotopic (exact) mass is 492 g/mol. The summed E-state index contributed by atoms with van der Waals surface area (Å²) in [6.45, 7) is -0.133. The van der Waals surface area contributed by atoms with Gasteiger partial charge in [-0.1, -0.05) is 24.6 Å². The van der Waals surface area contributed by atoms with Crippen molar-refractivity contribution in [2.75, 3.05) is 0 Å². The molecule has 0 radical (unpaired) electrons. The average molecular weight is 492 g/mol. The summed E-state index contributed by atoms with van der Waals surface area (Å²) in [4.78, 5) is 40.0. The molecule has 11 heteroatoms. The first-order chi connectivity index (χ1) is 16.6. The maximum absolute atomic E-state index is 13.3. The van der Waals surface area contributed by atoms with E-state index in [0.717, 1.165) is 6.42 Å². The van der Waals surface area contributed by atoms with Crippen LogP contribution in [-0.2, 0) is 20.9 Å². The quantitative estimate of drug-likeness (QED) is 0.639. The summed E-state index contributed by atoms with van der Waals surface area (Å²) in [6.07, 6.45) is -2.29. The molecule has 0 spiro atoms. The zero-order valence-corrected chi connectivity index (χ0v) is 19.0. The standard InChI is InChI=1S/C24H27F3N4O4/c25-24(26,27)35-15-5-3-4-13(8-15)9-20(32)19-11-14-10-18(14)31(19)21(33)12-30-17-7-2-1-6-16(17)22(29-30)23(28)34/h1-2,6-7,13-15,18-19H,3-5,8-12H2,(H2,28,34)/t13?,14-,15?,18-,19+/m1/s1. The molecular weight excluding hydrogens is 465 g/mol. The fraction of sp³-hybridized carbons (Fsp3) is 0.583. The van der Waals surface area contributed by atoms with Crippen molar-refractivity contribution < 1.29 is 32.3 Å². The predicted molar refractivity (Wildman–Crippen MR) is 118 cm³/mol. The number of carbonyl (C=O) groups is 3. The normalized spacial score (nSPS) is 28.2. The number of hydrogen-bond donors (Lipinski definition) is 1. The summed E-state index contributed by atoms with van der Waals surface area (Å²) in [5.41, 5.74) is 6.13. The first-order valence-corrected chi connectivity index (χ1v) is 11.9. The molecular formula is C24H27F3N4O4. The van der Waals surface area contributed by atoms with Gasteiger partial charge < -0.3 is 10.6 Å². The molecule has 2 saturated carbocycles. The number of hydrogen-bond acceptors (Lipinski definition) is 5. The maximum Gasteiger partial charge on any atom is 0.522 e. The van der Waals surface area contributed by atoms with Crippen LogP contribution in [0.25, 0.3) is 10.9 Å². The van der Waals surface area contributed by atoms with Crippen LogP contribution in [0.15, 0.2) is 24.3 Å². The van der Waals surface area contributed by atoms with Gasteiger partial charge in [-0.2, -0.15) is 5.10 Å². The molecule has 188 valence electrons. The van der Waals surface area contributed by atoms with E-state index in [-0.39, 0.29) is 54.6 Å². The van der Waals surface area contributed by atoms with Crippen molar-refractivity contribution in [2.45, 2.75) is 76.0 Å². The second kappa shape index (κ2) is 8.92. The molecule has 2 amide bonds. The van der Waals surface area contributed by atoms with E-state index in [2.05, 4.69) is 9.84 Å². The smallest absolute Gasteiger partial charge is 0.364 e. The van der Waals surface area contributed by atoms with Crippen molar-refractivity contribution in [1.29, 1.82) is 0 Å². The highest BCUT2D eigenvalue weighted by Gasteiger charge is 2.55. The summed E-state index contributed by atoms with van der Waals surface area (Å²) < 4.78 is 43.5. The molecule has 2 N–H and O–H groups in total. The Morgan fingerprint density at radius 1 is 1.11 bits per heavy atom. The molecule has 3 fully saturated rings. The Balaban J connectivity index is 1.27. The van der Waals surface area contributed by atoms with Gasteiger partial charge in [0.25, 0.3) is 5.91 Å². The molecule has 1 aromatic carbocycles. The number of aromatic nitrogens is 2. The number of carbonyl (C=O) groups excluding carboxylic acids is 3. The Labute approximate surface area is 199 Å². The number of alkyl halides is 3. The third-order valence-corrected chi connectivity index (χ3v) is 7.47. The molecule has 1 aromatic heterocycles. The van der Waals surface area contributed by atoms with Crippen LogP contribution < -0.4 is 5.73 Å². The maximum atomic E-state index is 13.3. The van der Waals surface area contributed by atoms with Crippen molar-refractivity contribution in [1.82, 2.24) is 14.7 Å². The van der Waals surface area contributed by atoms with Gasteiger partial charge in [-0.15, -0.1) is 13.2 Å². The van der Waals surface area contributed by atoms with Crippen LogP contribution >= 0.6 is 0 Å². The molecule has 2 heterocycles. The lowest BCUT2D eigenvalue weighted by Gasteiger charge is -2.31. The third-order valence-electron chi connectivity index (χ3n) is 7.47. The molecule has 2 unspecified atom stereocenters. The van der Waals surface area contributed by atoms with Crippen LogP contribution in [0.4, 0.5) is 13.2 Å². The number of nitrogens with two attached hydrogens (primary N) is 1. The first-order valence-electron chi connectivity index (χ1n) is 11.9. The van der Waals surface area contributed by atoms with Gasteiger partial charge in [0.1, 0.15) is 6.54 Å². The van der Waals surface area contributed by atoms with E-state index in [1.54, 1.807) is 29.2 Å². The van der Waals surface area contributed by atoms with Crippen molar-refractivity contribution in [3.63, 3.8) is 0 Å². The number of fused-ring (bicyclic) bond motifs is 2. The van der Waals surface area contributed by atoms with Gasteiger partial charge in [0.05, 0.1) is 17.7 Å². The fourth-order valence-electron chi connectivity index (χ4n) is 5.89. The summed E-state index contributed by atoms with van der Waals surface area (Å²) in [5, 5.41) is 4.80. The molecule has 5 rings (SSSR count). The van der Waals surface area contributed by atoms with Crippen LogP contribution in [-0.4, -0.2) is 56.8 Å². The molecule has 35 heavy (non-hydrogen) atoms. The molecule has 8 nitrogen and oxygen atoms in total. The number of piperidine rings is 1. The number of Topliss-reactive ketones (excluding diaryl/α,β-unsaturated/α-hetero) is 1. The Hall–Kier alpha value is -2.95. The van der Waals surface area contributed by atoms with Crippen LogP contribution in [0.5, 0.6) is 0 Å². The largest absolute Gasteiger partial charge is 0.522 e. The highest BCUT2D eigenvalue weighted by Crippen LogP contribution is 2.49. The van der Waals surface area contributed by atoms with Gasteiger partial charge in [-0.25, -0.2) is 0 Å². The van der Waals surface area contributed by atoms with Crippen LogP contribution in [0, 0.1) is 11.8 Å². The number of likely N-dealkylation sites (tertiary alicyclic amines) is 1. The molecule has 2 aliphatic carbocycles. The lowest BCUT2D eigenvalue weighted by Crippen LogP contribution is -2.45. The van der Waals surface area contributed by atoms with E-state index in [0.29, 0.717) is 36.6 Å². The number of ketones is 1. The predicted octanol–water partition coefficient (Wildman–Crippen LogP) is 3.18. The highest BCUT2D eigenvalue weighted by atomic mass is 19.4. The fourth-order valence-corrected chi connectivity index (χ4v) is 5.89. The molecule has 2 aromatic rings. The molecule has 1 aliphatic heterocycles. The Morgan fingerprint density at radius 2 is 1.89 bits per heavy atom. The van der Waals surface area contributed by atoms with Crippen LogP contribution in [0.2, 0.25) is 0 Å².